The van der Waals surface area contributed by atoms with Crippen LogP contribution in [0.25, 0.3) is 0 Å². The van der Waals surface area contributed by atoms with E-state index in [4.69, 9.17) is 9.47 Å². The zero-order chi connectivity index (χ0) is 20.9. The number of carbonyl (C=O) groups is 1. The van der Waals surface area contributed by atoms with E-state index in [1.807, 2.05) is 30.3 Å². The summed E-state index contributed by atoms with van der Waals surface area (Å²) in [4.78, 5) is 14.4. The quantitative estimate of drug-likeness (QED) is 0.689. The molecule has 1 amide bonds. The maximum absolute atomic E-state index is 12.7. The molecule has 0 bridgehead atoms. The molecule has 0 spiro atoms. The Morgan fingerprint density at radius 3 is 2.34 bits per heavy atom. The lowest BCUT2D eigenvalue weighted by atomic mass is 10.2. The first kappa shape index (κ1) is 21.3. The van der Waals surface area contributed by atoms with Gasteiger partial charge < -0.3 is 14.4 Å². The van der Waals surface area contributed by atoms with Crippen LogP contribution >= 0.6 is 0 Å². The summed E-state index contributed by atoms with van der Waals surface area (Å²) in [6.07, 6.45) is -0.689. The first-order valence-corrected chi connectivity index (χ1v) is 11.0. The molecule has 0 N–H and O–H groups in total. The van der Waals surface area contributed by atoms with Crippen molar-refractivity contribution in [1.82, 2.24) is 9.21 Å². The number of amides is 1. The lowest BCUT2D eigenvalue weighted by molar-refractivity contribution is -0.137. The SMILES string of the molecule is C[C@@H](Oc1ccc(S(=O)(=O)N2CCOCC2)cc1)C(=O)N(C)Cc1ccccc1. The molecule has 0 unspecified atom stereocenters. The van der Waals surface area contributed by atoms with Gasteiger partial charge in [0.1, 0.15) is 5.75 Å². The van der Waals surface area contributed by atoms with Gasteiger partial charge in [-0.25, -0.2) is 8.42 Å². The van der Waals surface area contributed by atoms with Crippen LogP contribution in [-0.2, 0) is 26.1 Å². The third-order valence-electron chi connectivity index (χ3n) is 4.73. The number of likely N-dealkylation sites (N-methyl/N-ethyl adjacent to an activating group) is 1. The Hall–Kier alpha value is -2.42. The zero-order valence-corrected chi connectivity index (χ0v) is 17.5. The summed E-state index contributed by atoms with van der Waals surface area (Å²) < 4.78 is 37.7. The predicted octanol–water partition coefficient (Wildman–Crippen LogP) is 2.13. The Morgan fingerprint density at radius 1 is 1.10 bits per heavy atom. The zero-order valence-electron chi connectivity index (χ0n) is 16.7. The fourth-order valence-corrected chi connectivity index (χ4v) is 4.53. The minimum Gasteiger partial charge on any atom is -0.481 e. The fraction of sp³-hybridized carbons (Fsp3) is 0.381. The summed E-state index contributed by atoms with van der Waals surface area (Å²) in [7, 11) is -1.82. The average molecular weight is 419 g/mol. The summed E-state index contributed by atoms with van der Waals surface area (Å²) >= 11 is 0. The van der Waals surface area contributed by atoms with Crippen LogP contribution in [-0.4, -0.2) is 63.0 Å². The molecule has 1 saturated heterocycles. The van der Waals surface area contributed by atoms with Crippen LogP contribution in [0.5, 0.6) is 5.75 Å². The minimum atomic E-state index is -3.55. The number of rotatable bonds is 7. The summed E-state index contributed by atoms with van der Waals surface area (Å²) in [5, 5.41) is 0. The average Bonchev–Trinajstić information content (AvgIpc) is 2.75. The molecule has 1 atom stereocenters. The second-order valence-electron chi connectivity index (χ2n) is 6.93. The molecule has 29 heavy (non-hydrogen) atoms. The van der Waals surface area contributed by atoms with E-state index in [0.717, 1.165) is 5.56 Å². The normalized spacial score (nSPS) is 16.2. The highest BCUT2D eigenvalue weighted by molar-refractivity contribution is 7.89. The van der Waals surface area contributed by atoms with Crippen molar-refractivity contribution in [2.75, 3.05) is 33.4 Å². The molecule has 1 fully saturated rings. The van der Waals surface area contributed by atoms with E-state index in [1.165, 1.54) is 16.4 Å². The molecule has 0 saturated carbocycles. The minimum absolute atomic E-state index is 0.154. The molecule has 1 aliphatic heterocycles. The van der Waals surface area contributed by atoms with Crippen LogP contribution < -0.4 is 4.74 Å². The van der Waals surface area contributed by atoms with Crippen molar-refractivity contribution < 1.29 is 22.7 Å². The van der Waals surface area contributed by atoms with Gasteiger partial charge in [0.25, 0.3) is 5.91 Å². The Kier molecular flexibility index (Phi) is 6.89. The van der Waals surface area contributed by atoms with Crippen molar-refractivity contribution in [3.63, 3.8) is 0 Å². The highest BCUT2D eigenvalue weighted by Crippen LogP contribution is 2.21. The van der Waals surface area contributed by atoms with Gasteiger partial charge in [0.15, 0.2) is 6.10 Å². The van der Waals surface area contributed by atoms with E-state index in [2.05, 4.69) is 0 Å². The first-order chi connectivity index (χ1) is 13.9. The summed E-state index contributed by atoms with van der Waals surface area (Å²) in [6.45, 7) is 3.67. The number of hydrogen-bond donors (Lipinski definition) is 0. The smallest absolute Gasteiger partial charge is 0.263 e. The van der Waals surface area contributed by atoms with Crippen molar-refractivity contribution in [3.05, 3.63) is 60.2 Å². The van der Waals surface area contributed by atoms with Gasteiger partial charge in [-0.2, -0.15) is 4.31 Å². The molecule has 0 radical (unpaired) electrons. The van der Waals surface area contributed by atoms with Gasteiger partial charge in [-0.3, -0.25) is 4.79 Å². The largest absolute Gasteiger partial charge is 0.481 e. The van der Waals surface area contributed by atoms with E-state index in [9.17, 15) is 13.2 Å². The molecular formula is C21H26N2O5S. The fourth-order valence-electron chi connectivity index (χ4n) is 3.13. The van der Waals surface area contributed by atoms with E-state index in [0.29, 0.717) is 38.6 Å². The summed E-state index contributed by atoms with van der Waals surface area (Å²) in [5.41, 5.74) is 1.04. The molecule has 1 heterocycles. The van der Waals surface area contributed by atoms with Crippen molar-refractivity contribution in [2.24, 2.45) is 0 Å². The molecule has 0 aliphatic carbocycles. The number of benzene rings is 2. The van der Waals surface area contributed by atoms with E-state index in [1.54, 1.807) is 31.0 Å². The molecular weight excluding hydrogens is 392 g/mol. The lowest BCUT2D eigenvalue weighted by Gasteiger charge is -2.26. The van der Waals surface area contributed by atoms with Gasteiger partial charge >= 0.3 is 0 Å². The Morgan fingerprint density at radius 2 is 1.72 bits per heavy atom. The van der Waals surface area contributed by atoms with Crippen LogP contribution in [0.1, 0.15) is 12.5 Å². The first-order valence-electron chi connectivity index (χ1n) is 9.51. The molecule has 2 aromatic carbocycles. The number of ether oxygens (including phenoxy) is 2. The second kappa shape index (κ2) is 9.39. The van der Waals surface area contributed by atoms with Crippen LogP contribution in [0.4, 0.5) is 0 Å². The Labute approximate surface area is 171 Å². The third-order valence-corrected chi connectivity index (χ3v) is 6.64. The standard InChI is InChI=1S/C21H26N2O5S/c1-17(21(24)22(2)16-18-6-4-3-5-7-18)28-19-8-10-20(11-9-19)29(25,26)23-12-14-27-15-13-23/h3-11,17H,12-16H2,1-2H3/t17-/m1/s1. The van der Waals surface area contributed by atoms with E-state index >= 15 is 0 Å². The Balaban J connectivity index is 1.60. The second-order valence-corrected chi connectivity index (χ2v) is 8.87. The highest BCUT2D eigenvalue weighted by atomic mass is 32.2. The molecule has 0 aromatic heterocycles. The number of nitrogens with zero attached hydrogens (tertiary/aromatic N) is 2. The number of carbonyl (C=O) groups excluding carboxylic acids is 1. The molecule has 156 valence electrons. The predicted molar refractivity (Wildman–Crippen MR) is 109 cm³/mol. The number of sulfonamides is 1. The molecule has 7 nitrogen and oxygen atoms in total. The van der Waals surface area contributed by atoms with E-state index < -0.39 is 16.1 Å². The van der Waals surface area contributed by atoms with Gasteiger partial charge in [0, 0.05) is 26.7 Å². The maximum Gasteiger partial charge on any atom is 0.263 e. The van der Waals surface area contributed by atoms with Gasteiger partial charge in [-0.15, -0.1) is 0 Å². The molecule has 2 aromatic rings. The Bertz CT molecular complexity index is 910. The maximum atomic E-state index is 12.7. The molecule has 8 heteroatoms. The third kappa shape index (κ3) is 5.35. The lowest BCUT2D eigenvalue weighted by Crippen LogP contribution is -2.40. The van der Waals surface area contributed by atoms with E-state index in [-0.39, 0.29) is 10.8 Å². The van der Waals surface area contributed by atoms with Gasteiger partial charge in [-0.05, 0) is 36.8 Å². The van der Waals surface area contributed by atoms with Crippen LogP contribution in [0.3, 0.4) is 0 Å². The highest BCUT2D eigenvalue weighted by Gasteiger charge is 2.26. The van der Waals surface area contributed by atoms with Gasteiger partial charge in [0.2, 0.25) is 10.0 Å². The monoisotopic (exact) mass is 418 g/mol. The van der Waals surface area contributed by atoms with Crippen molar-refractivity contribution >= 4 is 15.9 Å². The van der Waals surface area contributed by atoms with Crippen molar-refractivity contribution in [3.8, 4) is 5.75 Å². The molecule has 3 rings (SSSR count). The summed E-state index contributed by atoms with van der Waals surface area (Å²) in [6, 6.07) is 15.9. The molecule has 1 aliphatic rings. The van der Waals surface area contributed by atoms with Crippen LogP contribution in [0.2, 0.25) is 0 Å². The number of hydrogen-bond acceptors (Lipinski definition) is 5. The number of morpholine rings is 1. The summed E-state index contributed by atoms with van der Waals surface area (Å²) in [5.74, 6) is 0.291. The van der Waals surface area contributed by atoms with Crippen molar-refractivity contribution in [2.45, 2.75) is 24.5 Å². The van der Waals surface area contributed by atoms with Gasteiger partial charge in [0.05, 0.1) is 18.1 Å². The topological polar surface area (TPSA) is 76.1 Å². The van der Waals surface area contributed by atoms with Crippen LogP contribution in [0.15, 0.2) is 59.5 Å². The van der Waals surface area contributed by atoms with Gasteiger partial charge in [-0.1, -0.05) is 30.3 Å². The van der Waals surface area contributed by atoms with Crippen LogP contribution in [0, 0.1) is 0 Å². The van der Waals surface area contributed by atoms with Crippen molar-refractivity contribution in [1.29, 1.82) is 0 Å².